The maximum Gasteiger partial charge on any atom is 0.0629 e. The van der Waals surface area contributed by atoms with Crippen LogP contribution in [-0.4, -0.2) is 19.3 Å². The second kappa shape index (κ2) is 2.55. The molecule has 0 spiro atoms. The molecule has 4 heteroatoms. The molecule has 1 atom stereocenters. The Balaban J connectivity index is 2.35. The van der Waals surface area contributed by atoms with Crippen molar-refractivity contribution < 1.29 is 4.74 Å². The molecule has 0 aromatic heterocycles. The third kappa shape index (κ3) is 1.12. The standard InChI is InChI=1S/C4H7N3O/c5-7-6-4-1-2-8-3-4/h4H,1-3H2. The van der Waals surface area contributed by atoms with E-state index in [1.165, 1.54) is 0 Å². The van der Waals surface area contributed by atoms with Gasteiger partial charge in [0.2, 0.25) is 0 Å². The van der Waals surface area contributed by atoms with Crippen LogP contribution in [0.15, 0.2) is 5.11 Å². The van der Waals surface area contributed by atoms with E-state index in [9.17, 15) is 0 Å². The molecule has 0 aliphatic carbocycles. The Hall–Kier alpha value is -0.730. The summed E-state index contributed by atoms with van der Waals surface area (Å²) in [5.41, 5.74) is 7.93. The summed E-state index contributed by atoms with van der Waals surface area (Å²) in [6.07, 6.45) is 0.879. The predicted molar refractivity (Wildman–Crippen MR) is 28.4 cm³/mol. The minimum Gasteiger partial charge on any atom is -0.381 e. The molecular weight excluding hydrogens is 106 g/mol. The van der Waals surface area contributed by atoms with Gasteiger partial charge in [-0.05, 0) is 12.0 Å². The van der Waals surface area contributed by atoms with Crippen LogP contribution in [0.4, 0.5) is 0 Å². The van der Waals surface area contributed by atoms with Gasteiger partial charge in [0, 0.05) is 11.5 Å². The van der Waals surface area contributed by atoms with E-state index in [2.05, 4.69) is 10.0 Å². The van der Waals surface area contributed by atoms with Crippen LogP contribution in [0.1, 0.15) is 6.42 Å². The number of nitrogens with zero attached hydrogens (tertiary/aromatic N) is 3. The summed E-state index contributed by atoms with van der Waals surface area (Å²) in [5.74, 6) is 0. The Kier molecular flexibility index (Phi) is 1.72. The van der Waals surface area contributed by atoms with Crippen molar-refractivity contribution >= 4 is 0 Å². The first-order valence-electron chi connectivity index (χ1n) is 2.55. The van der Waals surface area contributed by atoms with Gasteiger partial charge in [0.05, 0.1) is 12.6 Å². The predicted octanol–water partition coefficient (Wildman–Crippen LogP) is 1.09. The van der Waals surface area contributed by atoms with E-state index >= 15 is 0 Å². The van der Waals surface area contributed by atoms with E-state index in [-0.39, 0.29) is 6.04 Å². The van der Waals surface area contributed by atoms with Gasteiger partial charge < -0.3 is 4.74 Å². The van der Waals surface area contributed by atoms with Gasteiger partial charge in [0.1, 0.15) is 0 Å². The first-order chi connectivity index (χ1) is 3.93. The van der Waals surface area contributed by atoms with Crippen molar-refractivity contribution in [1.82, 2.24) is 0 Å². The summed E-state index contributed by atoms with van der Waals surface area (Å²) in [6.45, 7) is 1.34. The topological polar surface area (TPSA) is 58.0 Å². The lowest BCUT2D eigenvalue weighted by Gasteiger charge is -1.90. The van der Waals surface area contributed by atoms with Crippen molar-refractivity contribution in [3.8, 4) is 0 Å². The van der Waals surface area contributed by atoms with Gasteiger partial charge in [-0.25, -0.2) is 0 Å². The van der Waals surface area contributed by atoms with Crippen LogP contribution in [0.2, 0.25) is 0 Å². The molecule has 4 nitrogen and oxygen atoms in total. The second-order valence-corrected chi connectivity index (χ2v) is 1.72. The van der Waals surface area contributed by atoms with Crippen LogP contribution in [0, 0.1) is 0 Å². The third-order valence-corrected chi connectivity index (χ3v) is 1.12. The molecule has 1 aliphatic heterocycles. The van der Waals surface area contributed by atoms with E-state index in [1.807, 2.05) is 0 Å². The van der Waals surface area contributed by atoms with E-state index in [0.717, 1.165) is 13.0 Å². The lowest BCUT2D eigenvalue weighted by Crippen LogP contribution is -1.99. The molecule has 1 saturated heterocycles. The zero-order valence-corrected chi connectivity index (χ0v) is 4.45. The molecule has 0 aromatic rings. The van der Waals surface area contributed by atoms with Gasteiger partial charge in [-0.15, -0.1) is 0 Å². The number of azide groups is 1. The third-order valence-electron chi connectivity index (χ3n) is 1.12. The van der Waals surface area contributed by atoms with Crippen molar-refractivity contribution in [2.24, 2.45) is 5.11 Å². The van der Waals surface area contributed by atoms with Gasteiger partial charge in [0.25, 0.3) is 0 Å². The maximum absolute atomic E-state index is 7.93. The van der Waals surface area contributed by atoms with E-state index in [1.54, 1.807) is 0 Å². The lowest BCUT2D eigenvalue weighted by molar-refractivity contribution is 0.194. The Labute approximate surface area is 47.1 Å². The zero-order valence-electron chi connectivity index (χ0n) is 4.45. The van der Waals surface area contributed by atoms with Crippen LogP contribution in [-0.2, 0) is 4.74 Å². The highest BCUT2D eigenvalue weighted by atomic mass is 16.5. The minimum atomic E-state index is 0.0972. The second-order valence-electron chi connectivity index (χ2n) is 1.72. The highest BCUT2D eigenvalue weighted by Crippen LogP contribution is 2.06. The number of ether oxygens (including phenoxy) is 1. The van der Waals surface area contributed by atoms with E-state index in [0.29, 0.717) is 6.61 Å². The van der Waals surface area contributed by atoms with E-state index in [4.69, 9.17) is 10.3 Å². The van der Waals surface area contributed by atoms with Crippen LogP contribution in [0.5, 0.6) is 0 Å². The molecule has 8 heavy (non-hydrogen) atoms. The average molecular weight is 113 g/mol. The molecule has 1 heterocycles. The summed E-state index contributed by atoms with van der Waals surface area (Å²) >= 11 is 0. The Morgan fingerprint density at radius 3 is 3.12 bits per heavy atom. The molecule has 44 valence electrons. The summed E-state index contributed by atoms with van der Waals surface area (Å²) in [4.78, 5) is 2.66. The number of hydrogen-bond donors (Lipinski definition) is 0. The Morgan fingerprint density at radius 2 is 2.62 bits per heavy atom. The summed E-state index contributed by atoms with van der Waals surface area (Å²) in [7, 11) is 0. The molecule has 1 fully saturated rings. The summed E-state index contributed by atoms with van der Waals surface area (Å²) in [5, 5.41) is 3.48. The van der Waals surface area contributed by atoms with Crippen molar-refractivity contribution in [3.63, 3.8) is 0 Å². The molecular formula is C4H7N3O. The van der Waals surface area contributed by atoms with Gasteiger partial charge >= 0.3 is 0 Å². The zero-order chi connectivity index (χ0) is 5.82. The highest BCUT2D eigenvalue weighted by Gasteiger charge is 2.12. The fraction of sp³-hybridized carbons (Fsp3) is 1.00. The molecule has 1 unspecified atom stereocenters. The Morgan fingerprint density at radius 1 is 1.75 bits per heavy atom. The number of hydrogen-bond acceptors (Lipinski definition) is 2. The molecule has 1 rings (SSSR count). The van der Waals surface area contributed by atoms with Crippen molar-refractivity contribution in [3.05, 3.63) is 10.4 Å². The van der Waals surface area contributed by atoms with Crippen LogP contribution < -0.4 is 0 Å². The molecule has 0 radical (unpaired) electrons. The molecule has 0 aromatic carbocycles. The normalized spacial score (nSPS) is 27.2. The summed E-state index contributed by atoms with van der Waals surface area (Å²) in [6, 6.07) is 0.0972. The maximum atomic E-state index is 7.93. The van der Waals surface area contributed by atoms with Crippen molar-refractivity contribution in [1.29, 1.82) is 0 Å². The SMILES string of the molecule is [N-]=[N+]=NC1CCOC1. The van der Waals surface area contributed by atoms with Crippen molar-refractivity contribution in [2.75, 3.05) is 13.2 Å². The van der Waals surface area contributed by atoms with Crippen LogP contribution in [0.25, 0.3) is 10.4 Å². The molecule has 0 bridgehead atoms. The molecule has 0 saturated carbocycles. The number of rotatable bonds is 1. The van der Waals surface area contributed by atoms with Gasteiger partial charge in [0.15, 0.2) is 0 Å². The van der Waals surface area contributed by atoms with Gasteiger partial charge in [-0.1, -0.05) is 5.11 Å². The van der Waals surface area contributed by atoms with Crippen LogP contribution >= 0.6 is 0 Å². The van der Waals surface area contributed by atoms with Crippen molar-refractivity contribution in [2.45, 2.75) is 12.5 Å². The quantitative estimate of drug-likeness (QED) is 0.285. The fourth-order valence-corrected chi connectivity index (χ4v) is 0.686. The first kappa shape index (κ1) is 5.41. The fourth-order valence-electron chi connectivity index (χ4n) is 0.686. The molecule has 1 aliphatic rings. The highest BCUT2D eigenvalue weighted by molar-refractivity contribution is 4.70. The average Bonchev–Trinajstić information content (AvgIpc) is 2.19. The Bertz CT molecular complexity index is 112. The smallest absolute Gasteiger partial charge is 0.0629 e. The van der Waals surface area contributed by atoms with Crippen LogP contribution in [0.3, 0.4) is 0 Å². The van der Waals surface area contributed by atoms with E-state index < -0.39 is 0 Å². The van der Waals surface area contributed by atoms with Gasteiger partial charge in [-0.2, -0.15) is 0 Å². The first-order valence-corrected chi connectivity index (χ1v) is 2.55. The monoisotopic (exact) mass is 113 g/mol. The van der Waals surface area contributed by atoms with Gasteiger partial charge in [-0.3, -0.25) is 0 Å². The lowest BCUT2D eigenvalue weighted by atomic mass is 10.3. The summed E-state index contributed by atoms with van der Waals surface area (Å²) < 4.78 is 4.94. The molecule has 0 N–H and O–H groups in total. The minimum absolute atomic E-state index is 0.0972. The largest absolute Gasteiger partial charge is 0.381 e. The molecule has 0 amide bonds.